The van der Waals surface area contributed by atoms with Gasteiger partial charge >= 0.3 is 0 Å². The van der Waals surface area contributed by atoms with Crippen LogP contribution in [-0.2, 0) is 16.1 Å². The van der Waals surface area contributed by atoms with Crippen LogP contribution < -0.4 is 0 Å². The lowest BCUT2D eigenvalue weighted by atomic mass is 9.89. The van der Waals surface area contributed by atoms with Gasteiger partial charge in [0.1, 0.15) is 22.8 Å². The summed E-state index contributed by atoms with van der Waals surface area (Å²) >= 11 is 0. The van der Waals surface area contributed by atoms with Gasteiger partial charge in [0.2, 0.25) is 0 Å². The number of hydrogen-bond donors (Lipinski definition) is 0. The Morgan fingerprint density at radius 3 is 2.75 bits per heavy atom. The number of pyridine rings is 1. The van der Waals surface area contributed by atoms with E-state index < -0.39 is 11.6 Å². The number of hydrogen-bond acceptors (Lipinski definition) is 6. The normalized spacial score (nSPS) is 20.2. The van der Waals surface area contributed by atoms with Gasteiger partial charge in [0.05, 0.1) is 41.9 Å². The maximum Gasteiger partial charge on any atom is 0.135 e. The summed E-state index contributed by atoms with van der Waals surface area (Å²) in [5.41, 5.74) is 4.91. The van der Waals surface area contributed by atoms with Crippen molar-refractivity contribution < 1.29 is 18.3 Å². The van der Waals surface area contributed by atoms with Gasteiger partial charge in [-0.05, 0) is 50.8 Å². The van der Waals surface area contributed by atoms with E-state index in [1.807, 2.05) is 23.9 Å². The fraction of sp³-hybridized carbons (Fsp3) is 0.407. The highest BCUT2D eigenvalue weighted by Gasteiger charge is 2.30. The molecule has 1 saturated carbocycles. The van der Waals surface area contributed by atoms with Gasteiger partial charge in [0, 0.05) is 48.7 Å². The number of benzene rings is 1. The Morgan fingerprint density at radius 1 is 1.11 bits per heavy atom. The van der Waals surface area contributed by atoms with E-state index in [1.54, 1.807) is 7.11 Å². The molecule has 1 aromatic carbocycles. The molecule has 0 unspecified atom stereocenters. The molecule has 2 aliphatic rings. The van der Waals surface area contributed by atoms with Crippen LogP contribution in [0.15, 0.2) is 36.7 Å². The second-order valence-corrected chi connectivity index (χ2v) is 9.64. The van der Waals surface area contributed by atoms with Crippen LogP contribution in [0.5, 0.6) is 0 Å². The third-order valence-corrected chi connectivity index (χ3v) is 7.03. The van der Waals surface area contributed by atoms with Crippen LogP contribution >= 0.6 is 0 Å². The fourth-order valence-electron chi connectivity index (χ4n) is 4.91. The van der Waals surface area contributed by atoms with E-state index in [9.17, 15) is 8.78 Å². The first-order chi connectivity index (χ1) is 17.5. The summed E-state index contributed by atoms with van der Waals surface area (Å²) in [6.07, 6.45) is 7.75. The maximum absolute atomic E-state index is 14.9. The Bertz CT molecular complexity index is 1440. The van der Waals surface area contributed by atoms with Crippen LogP contribution in [0.25, 0.3) is 22.3 Å². The number of nitrogens with zero attached hydrogens (tertiary/aromatic N) is 5. The van der Waals surface area contributed by atoms with Crippen molar-refractivity contribution in [3.8, 4) is 11.3 Å². The minimum Gasteiger partial charge on any atom is -0.378 e. The predicted octanol–water partition coefficient (Wildman–Crippen LogP) is 5.59. The van der Waals surface area contributed by atoms with Crippen molar-refractivity contribution in [3.05, 3.63) is 70.9 Å². The molecule has 4 aromatic rings. The largest absolute Gasteiger partial charge is 0.378 e. The second-order valence-electron chi connectivity index (χ2n) is 9.64. The van der Waals surface area contributed by atoms with E-state index in [4.69, 9.17) is 24.4 Å². The third kappa shape index (κ3) is 4.37. The number of aromatic nitrogens is 5. The molecular weight excluding hydrogens is 464 g/mol. The number of fused-ring (bicyclic) bond motifs is 1. The van der Waals surface area contributed by atoms with E-state index in [0.29, 0.717) is 35.1 Å². The first-order valence-corrected chi connectivity index (χ1v) is 12.3. The summed E-state index contributed by atoms with van der Waals surface area (Å²) in [5, 5.41) is 4.52. The minimum absolute atomic E-state index is 0.0837. The van der Waals surface area contributed by atoms with E-state index in [-0.39, 0.29) is 24.2 Å². The molecule has 0 N–H and O–H groups in total. The van der Waals surface area contributed by atoms with Gasteiger partial charge in [0.15, 0.2) is 0 Å². The molecule has 2 fully saturated rings. The lowest BCUT2D eigenvalue weighted by Crippen LogP contribution is -2.19. The summed E-state index contributed by atoms with van der Waals surface area (Å²) < 4.78 is 42.0. The second kappa shape index (κ2) is 9.29. The zero-order valence-corrected chi connectivity index (χ0v) is 20.2. The topological polar surface area (TPSA) is 75.0 Å². The van der Waals surface area contributed by atoms with Gasteiger partial charge in [-0.2, -0.15) is 5.10 Å². The van der Waals surface area contributed by atoms with Crippen LogP contribution in [-0.4, -0.2) is 38.4 Å². The standard InChI is InChI=1S/C27H27F2N5O2/c1-15-24(14-35-2)33-27-23(31-15)11-22(32-26(27)20-6-3-18(28)10-21(20)29)16-7-8-36-25(9-16)17-12-30-34(13-17)19-4-5-19/h3,6,10-13,16,19,25H,4-5,7-9,14H2,1-2H3/t16-,25-/m1/s1. The summed E-state index contributed by atoms with van der Waals surface area (Å²) in [6.45, 7) is 2.74. The highest BCUT2D eigenvalue weighted by molar-refractivity contribution is 5.89. The molecule has 186 valence electrons. The summed E-state index contributed by atoms with van der Waals surface area (Å²) in [7, 11) is 1.59. The van der Waals surface area contributed by atoms with E-state index in [2.05, 4.69) is 11.3 Å². The molecule has 1 aliphatic carbocycles. The molecule has 0 amide bonds. The highest BCUT2D eigenvalue weighted by atomic mass is 19.1. The van der Waals surface area contributed by atoms with Gasteiger partial charge in [-0.3, -0.25) is 4.68 Å². The Balaban J connectivity index is 1.42. The summed E-state index contributed by atoms with van der Waals surface area (Å²) in [5.74, 6) is -1.24. The van der Waals surface area contributed by atoms with Gasteiger partial charge in [-0.15, -0.1) is 0 Å². The molecule has 0 spiro atoms. The summed E-state index contributed by atoms with van der Waals surface area (Å²) in [4.78, 5) is 14.4. The Labute approximate surface area is 207 Å². The number of aryl methyl sites for hydroxylation is 1. The Morgan fingerprint density at radius 2 is 1.97 bits per heavy atom. The first kappa shape index (κ1) is 23.1. The van der Waals surface area contributed by atoms with E-state index in [0.717, 1.165) is 35.9 Å². The predicted molar refractivity (Wildman–Crippen MR) is 129 cm³/mol. The number of rotatable bonds is 6. The van der Waals surface area contributed by atoms with E-state index in [1.165, 1.54) is 25.0 Å². The number of methoxy groups -OCH3 is 1. The average molecular weight is 492 g/mol. The number of ether oxygens (including phenoxy) is 2. The van der Waals surface area contributed by atoms with Crippen molar-refractivity contribution in [2.45, 2.75) is 57.3 Å². The van der Waals surface area contributed by atoms with Gasteiger partial charge in [-0.1, -0.05) is 0 Å². The van der Waals surface area contributed by atoms with Gasteiger partial charge in [-0.25, -0.2) is 23.7 Å². The van der Waals surface area contributed by atoms with Crippen LogP contribution in [0.2, 0.25) is 0 Å². The lowest BCUT2D eigenvalue weighted by Gasteiger charge is -2.29. The zero-order valence-electron chi connectivity index (χ0n) is 20.2. The van der Waals surface area contributed by atoms with Crippen LogP contribution in [0.4, 0.5) is 8.78 Å². The molecule has 36 heavy (non-hydrogen) atoms. The molecule has 0 bridgehead atoms. The summed E-state index contributed by atoms with van der Waals surface area (Å²) in [6, 6.07) is 5.97. The molecule has 1 aliphatic heterocycles. The van der Waals surface area contributed by atoms with Gasteiger partial charge in [0.25, 0.3) is 0 Å². The number of halogens is 2. The molecule has 0 radical (unpaired) electrons. The molecule has 9 heteroatoms. The molecule has 4 heterocycles. The minimum atomic E-state index is -0.686. The quantitative estimate of drug-likeness (QED) is 0.350. The first-order valence-electron chi connectivity index (χ1n) is 12.3. The molecule has 6 rings (SSSR count). The zero-order chi connectivity index (χ0) is 24.8. The van der Waals surface area contributed by atoms with Crippen molar-refractivity contribution in [2.75, 3.05) is 13.7 Å². The van der Waals surface area contributed by atoms with Crippen LogP contribution in [0.1, 0.15) is 66.4 Å². The maximum atomic E-state index is 14.9. The van der Waals surface area contributed by atoms with E-state index >= 15 is 0 Å². The van der Waals surface area contributed by atoms with Crippen molar-refractivity contribution in [1.82, 2.24) is 24.7 Å². The third-order valence-electron chi connectivity index (χ3n) is 7.03. The monoisotopic (exact) mass is 491 g/mol. The van der Waals surface area contributed by atoms with Crippen molar-refractivity contribution >= 4 is 11.0 Å². The SMILES string of the molecule is COCc1nc2c(-c3ccc(F)cc3F)nc([C@@H]3CCO[C@@H](c4cnn(C5CC5)c4)C3)cc2nc1C. The molecule has 2 atom stereocenters. The lowest BCUT2D eigenvalue weighted by molar-refractivity contribution is 0.00462. The highest BCUT2D eigenvalue weighted by Crippen LogP contribution is 2.40. The van der Waals surface area contributed by atoms with Crippen molar-refractivity contribution in [2.24, 2.45) is 0 Å². The molecular formula is C27H27F2N5O2. The molecule has 1 saturated heterocycles. The van der Waals surface area contributed by atoms with Crippen molar-refractivity contribution in [3.63, 3.8) is 0 Å². The average Bonchev–Trinajstić information content (AvgIpc) is 3.60. The van der Waals surface area contributed by atoms with Gasteiger partial charge < -0.3 is 9.47 Å². The fourth-order valence-corrected chi connectivity index (χ4v) is 4.91. The van der Waals surface area contributed by atoms with Crippen molar-refractivity contribution in [1.29, 1.82) is 0 Å². The Kier molecular flexibility index (Phi) is 5.97. The Hall–Kier alpha value is -3.30. The smallest absolute Gasteiger partial charge is 0.135 e. The molecule has 7 nitrogen and oxygen atoms in total. The van der Waals surface area contributed by atoms with Crippen LogP contribution in [0.3, 0.4) is 0 Å². The van der Waals surface area contributed by atoms with Crippen LogP contribution in [0, 0.1) is 18.6 Å². The molecule has 3 aromatic heterocycles.